The number of allylic oxidation sites excluding steroid dienone is 12. The zero-order valence-corrected chi connectivity index (χ0v) is 29.3. The van der Waals surface area contributed by atoms with Crippen molar-refractivity contribution in [2.75, 3.05) is 19.8 Å². The maximum absolute atomic E-state index is 12.7. The van der Waals surface area contributed by atoms with Gasteiger partial charge in [0, 0.05) is 31.3 Å². The first kappa shape index (κ1) is 42.7. The van der Waals surface area contributed by atoms with Gasteiger partial charge < -0.3 is 25.6 Å². The molecule has 49 heavy (non-hydrogen) atoms. The predicted molar refractivity (Wildman–Crippen MR) is 198 cm³/mol. The zero-order valence-electron chi connectivity index (χ0n) is 29.3. The van der Waals surface area contributed by atoms with Crippen molar-refractivity contribution in [2.24, 2.45) is 0 Å². The van der Waals surface area contributed by atoms with E-state index in [0.29, 0.717) is 25.8 Å². The van der Waals surface area contributed by atoms with Crippen molar-refractivity contribution >= 4 is 23.9 Å². The Morgan fingerprint density at radius 1 is 0.796 bits per heavy atom. The molecule has 9 nitrogen and oxygen atoms in total. The highest BCUT2D eigenvalue weighted by Crippen LogP contribution is 2.06. The van der Waals surface area contributed by atoms with Crippen LogP contribution in [0.5, 0.6) is 0 Å². The summed E-state index contributed by atoms with van der Waals surface area (Å²) in [6.07, 6.45) is 37.1. The average Bonchev–Trinajstić information content (AvgIpc) is 3.10. The van der Waals surface area contributed by atoms with Gasteiger partial charge in [-0.1, -0.05) is 98.1 Å². The summed E-state index contributed by atoms with van der Waals surface area (Å²) >= 11 is 0. The van der Waals surface area contributed by atoms with Gasteiger partial charge in [0.1, 0.15) is 12.1 Å². The summed E-state index contributed by atoms with van der Waals surface area (Å²) in [6.45, 7) is 3.27. The van der Waals surface area contributed by atoms with Crippen LogP contribution < -0.4 is 10.6 Å². The third-order valence-electron chi connectivity index (χ3n) is 6.98. The fourth-order valence-corrected chi connectivity index (χ4v) is 4.24. The van der Waals surface area contributed by atoms with Crippen molar-refractivity contribution in [2.45, 2.75) is 96.6 Å². The van der Waals surface area contributed by atoms with E-state index in [-0.39, 0.29) is 24.7 Å². The number of hydrogen-bond donors (Lipinski definition) is 4. The summed E-state index contributed by atoms with van der Waals surface area (Å²) in [7, 11) is 0. The summed E-state index contributed by atoms with van der Waals surface area (Å²) in [5.41, 5.74) is 1.74. The molecule has 4 N–H and O–H groups in total. The zero-order chi connectivity index (χ0) is 35.8. The van der Waals surface area contributed by atoms with Crippen molar-refractivity contribution in [1.82, 2.24) is 15.6 Å². The molecule has 0 aromatic carbocycles. The van der Waals surface area contributed by atoms with E-state index in [4.69, 9.17) is 4.74 Å². The number of aliphatic hydroxyl groups excluding tert-OH is 2. The van der Waals surface area contributed by atoms with Gasteiger partial charge in [0.15, 0.2) is 0 Å². The van der Waals surface area contributed by atoms with E-state index in [9.17, 15) is 24.6 Å². The molecular formula is C40H57N3O6. The number of aromatic nitrogens is 1. The molecule has 268 valence electrons. The highest BCUT2D eigenvalue weighted by molar-refractivity contribution is 5.85. The largest absolute Gasteiger partial charge is 0.456 e. The lowest BCUT2D eigenvalue weighted by Crippen LogP contribution is -2.44. The molecule has 1 aromatic heterocycles. The number of esters is 1. The number of pyridine rings is 1. The Hall–Kier alpha value is -4.34. The highest BCUT2D eigenvalue weighted by Gasteiger charge is 2.24. The molecule has 1 unspecified atom stereocenters. The van der Waals surface area contributed by atoms with Gasteiger partial charge in [0.05, 0.1) is 13.2 Å². The number of nitrogens with one attached hydrogen (secondary N) is 2. The molecular weight excluding hydrogens is 618 g/mol. The second kappa shape index (κ2) is 29.8. The minimum atomic E-state index is -1.07. The van der Waals surface area contributed by atoms with Crippen LogP contribution in [0.4, 0.5) is 0 Å². The Balaban J connectivity index is 2.29. The number of ether oxygens (including phenoxy) is 1. The Kier molecular flexibility index (Phi) is 25.9. The van der Waals surface area contributed by atoms with E-state index >= 15 is 0 Å². The monoisotopic (exact) mass is 675 g/mol. The summed E-state index contributed by atoms with van der Waals surface area (Å²) in [6, 6.07) is 2.77. The smallest absolute Gasteiger partial charge is 0.329 e. The van der Waals surface area contributed by atoms with Gasteiger partial charge in [-0.3, -0.25) is 14.6 Å². The van der Waals surface area contributed by atoms with Gasteiger partial charge >= 0.3 is 5.97 Å². The number of amides is 2. The molecule has 0 aliphatic carbocycles. The van der Waals surface area contributed by atoms with Crippen LogP contribution in [0.2, 0.25) is 0 Å². The van der Waals surface area contributed by atoms with Gasteiger partial charge in [-0.05, 0) is 76.3 Å². The number of hydrogen-bond acceptors (Lipinski definition) is 7. The van der Waals surface area contributed by atoms with Crippen molar-refractivity contribution in [3.8, 4) is 0 Å². The maximum Gasteiger partial charge on any atom is 0.329 e. The van der Waals surface area contributed by atoms with Crippen LogP contribution in [0.3, 0.4) is 0 Å². The van der Waals surface area contributed by atoms with Crippen molar-refractivity contribution in [3.63, 3.8) is 0 Å². The first-order valence-corrected chi connectivity index (χ1v) is 17.4. The van der Waals surface area contributed by atoms with Crippen molar-refractivity contribution in [3.05, 3.63) is 109 Å². The molecule has 0 spiro atoms. The Morgan fingerprint density at radius 3 is 1.90 bits per heavy atom. The van der Waals surface area contributed by atoms with Crippen LogP contribution >= 0.6 is 0 Å². The van der Waals surface area contributed by atoms with Crippen LogP contribution in [0.1, 0.15) is 88.8 Å². The molecule has 1 rings (SSSR count). The fraction of sp³-hybridized carbons (Fsp3) is 0.450. The highest BCUT2D eigenvalue weighted by atomic mass is 16.6. The van der Waals surface area contributed by atoms with E-state index in [2.05, 4.69) is 83.3 Å². The summed E-state index contributed by atoms with van der Waals surface area (Å²) < 4.78 is 5.13. The van der Waals surface area contributed by atoms with Crippen LogP contribution in [0, 0.1) is 6.92 Å². The van der Waals surface area contributed by atoms with Gasteiger partial charge in [0.25, 0.3) is 0 Å². The Labute approximate surface area is 293 Å². The number of aliphatic hydroxyl groups is 2. The quantitative estimate of drug-likeness (QED) is 0.0497. The van der Waals surface area contributed by atoms with Crippen LogP contribution in [0.25, 0.3) is 6.08 Å². The predicted octanol–water partition coefficient (Wildman–Crippen LogP) is 6.55. The normalized spacial score (nSPS) is 13.0. The van der Waals surface area contributed by atoms with Gasteiger partial charge in [-0.2, -0.15) is 0 Å². The second-order valence-corrected chi connectivity index (χ2v) is 11.3. The van der Waals surface area contributed by atoms with Gasteiger partial charge in [-0.15, -0.1) is 0 Å². The number of aryl methyl sites for hydroxylation is 1. The van der Waals surface area contributed by atoms with Gasteiger partial charge in [0.2, 0.25) is 11.8 Å². The molecule has 1 aromatic rings. The lowest BCUT2D eigenvalue weighted by Gasteiger charge is -2.20. The minimum absolute atomic E-state index is 0.0341. The lowest BCUT2D eigenvalue weighted by molar-refractivity contribution is -0.157. The summed E-state index contributed by atoms with van der Waals surface area (Å²) in [5.74, 6) is -1.24. The number of rotatable bonds is 26. The molecule has 0 radical (unpaired) electrons. The molecule has 1 atom stereocenters. The molecule has 1 heterocycles. The molecule has 0 fully saturated rings. The third-order valence-corrected chi connectivity index (χ3v) is 6.98. The third kappa shape index (κ3) is 24.5. The van der Waals surface area contributed by atoms with E-state index in [0.717, 1.165) is 49.8 Å². The molecule has 0 bridgehead atoms. The van der Waals surface area contributed by atoms with Crippen LogP contribution in [0.15, 0.2) is 97.3 Å². The number of carbonyl (C=O) groups excluding carboxylic acids is 3. The standard InChI is InChI=1S/C40H57N3O6/c1-3-4-5-6-7-8-9-10-11-12-13-14-15-16-17-18-19-20-21-26-38(46)41-30-23-25-37(40(48)49-36(32-44)33-45)43-39(47)27-22-24-35-29-28-34(2)42-31-35/h4-5,7-8,10-11,13-14,16-17,19-20,22,24,28-29,31,36-37,44-45H,3,6,9,12,15,18,21,23,25-27,30,32-33H2,1-2H3,(H,41,46)(H,43,47). The summed E-state index contributed by atoms with van der Waals surface area (Å²) in [4.78, 5) is 41.7. The van der Waals surface area contributed by atoms with Crippen molar-refractivity contribution < 1.29 is 29.3 Å². The fourth-order valence-electron chi connectivity index (χ4n) is 4.24. The van der Waals surface area contributed by atoms with Crippen LogP contribution in [-0.2, 0) is 19.1 Å². The van der Waals surface area contributed by atoms with E-state index in [1.807, 2.05) is 31.2 Å². The van der Waals surface area contributed by atoms with Crippen molar-refractivity contribution in [1.29, 1.82) is 0 Å². The van der Waals surface area contributed by atoms with E-state index < -0.39 is 31.3 Å². The second-order valence-electron chi connectivity index (χ2n) is 11.3. The first-order valence-electron chi connectivity index (χ1n) is 17.4. The summed E-state index contributed by atoms with van der Waals surface area (Å²) in [5, 5.41) is 24.1. The number of carbonyl (C=O) groups is 3. The Morgan fingerprint density at radius 2 is 1.37 bits per heavy atom. The van der Waals surface area contributed by atoms with Crippen LogP contribution in [-0.4, -0.2) is 64.9 Å². The molecule has 0 aliphatic rings. The Bertz CT molecular complexity index is 1260. The molecule has 2 amide bonds. The molecule has 9 heteroatoms. The topological polar surface area (TPSA) is 138 Å². The minimum Gasteiger partial charge on any atom is -0.456 e. The average molecular weight is 676 g/mol. The molecule has 0 saturated heterocycles. The maximum atomic E-state index is 12.7. The number of nitrogens with zero attached hydrogens (tertiary/aromatic N) is 1. The SMILES string of the molecule is CCC=CCC=CCC=CCC=CCC=CCC=CCCC(=O)NCCCC(NC(=O)CC=Cc1ccc(C)nc1)C(=O)OC(CO)CO. The van der Waals surface area contributed by atoms with E-state index in [1.165, 1.54) is 0 Å². The first-order chi connectivity index (χ1) is 23.9. The molecule has 0 saturated carbocycles. The lowest BCUT2D eigenvalue weighted by atomic mass is 10.1. The molecule has 0 aliphatic heterocycles. The van der Waals surface area contributed by atoms with Gasteiger partial charge in [-0.25, -0.2) is 4.79 Å². The van der Waals surface area contributed by atoms with E-state index in [1.54, 1.807) is 18.3 Å².